The maximum Gasteiger partial charge on any atom is 0.222 e. The van der Waals surface area contributed by atoms with Gasteiger partial charge in [0.05, 0.1) is 5.69 Å². The first-order valence-corrected chi connectivity index (χ1v) is 9.61. The van der Waals surface area contributed by atoms with Crippen LogP contribution in [0.2, 0.25) is 0 Å². The van der Waals surface area contributed by atoms with Crippen LogP contribution in [0.5, 0.6) is 0 Å². The molecule has 2 heterocycles. The zero-order chi connectivity index (χ0) is 18.4. The third kappa shape index (κ3) is 5.02. The third-order valence-corrected chi connectivity index (χ3v) is 5.06. The molecule has 0 aliphatic heterocycles. The minimum atomic E-state index is -0.269. The van der Waals surface area contributed by atoms with E-state index in [9.17, 15) is 9.18 Å². The Morgan fingerprint density at radius 2 is 2.15 bits per heavy atom. The van der Waals surface area contributed by atoms with E-state index in [-0.39, 0.29) is 11.7 Å². The van der Waals surface area contributed by atoms with Gasteiger partial charge in [0.2, 0.25) is 5.91 Å². The highest BCUT2D eigenvalue weighted by Gasteiger charge is 2.10. The molecule has 0 unspecified atom stereocenters. The van der Waals surface area contributed by atoms with Crippen LogP contribution in [0.15, 0.2) is 47.2 Å². The molecule has 0 spiro atoms. The molecule has 136 valence electrons. The standard InChI is InChI=1S/C20H22FN3OS/c1-24(20(25)8-7-15-9-11-26-14-15)10-3-6-18-13-19(23-22-18)16-4-2-5-17(21)12-16/h2,4-5,9,11-14H,3,6-8,10H2,1H3,(H,22,23). The number of aromatic nitrogens is 2. The summed E-state index contributed by atoms with van der Waals surface area (Å²) in [5, 5.41) is 11.4. The number of H-pyrrole nitrogens is 1. The number of hydrogen-bond donors (Lipinski definition) is 1. The van der Waals surface area contributed by atoms with Crippen molar-refractivity contribution in [2.24, 2.45) is 0 Å². The second kappa shape index (κ2) is 8.76. The van der Waals surface area contributed by atoms with Gasteiger partial charge in [0, 0.05) is 31.3 Å². The first kappa shape index (κ1) is 18.3. The van der Waals surface area contributed by atoms with Gasteiger partial charge in [0.1, 0.15) is 5.82 Å². The number of aryl methyl sites for hydroxylation is 2. The molecule has 0 radical (unpaired) electrons. The van der Waals surface area contributed by atoms with Crippen LogP contribution in [0, 0.1) is 5.82 Å². The van der Waals surface area contributed by atoms with Crippen molar-refractivity contribution in [1.29, 1.82) is 0 Å². The topological polar surface area (TPSA) is 49.0 Å². The van der Waals surface area contributed by atoms with E-state index in [4.69, 9.17) is 0 Å². The van der Waals surface area contributed by atoms with Gasteiger partial charge in [-0.05, 0) is 59.9 Å². The number of hydrogen-bond acceptors (Lipinski definition) is 3. The molecule has 0 fully saturated rings. The SMILES string of the molecule is CN(CCCc1cc(-c2cccc(F)c2)n[nH]1)C(=O)CCc1ccsc1. The lowest BCUT2D eigenvalue weighted by Gasteiger charge is -2.16. The summed E-state index contributed by atoms with van der Waals surface area (Å²) in [6.07, 6.45) is 2.99. The van der Waals surface area contributed by atoms with Gasteiger partial charge in [0.15, 0.2) is 0 Å². The minimum absolute atomic E-state index is 0.168. The summed E-state index contributed by atoms with van der Waals surface area (Å²) in [6, 6.07) is 10.4. The molecular weight excluding hydrogens is 349 g/mol. The Bertz CT molecular complexity index is 844. The van der Waals surface area contributed by atoms with Gasteiger partial charge < -0.3 is 4.90 Å². The molecule has 26 heavy (non-hydrogen) atoms. The Morgan fingerprint density at radius 1 is 1.27 bits per heavy atom. The summed E-state index contributed by atoms with van der Waals surface area (Å²) in [7, 11) is 1.85. The van der Waals surface area contributed by atoms with E-state index in [1.165, 1.54) is 17.7 Å². The van der Waals surface area contributed by atoms with Gasteiger partial charge in [-0.3, -0.25) is 9.89 Å². The number of benzene rings is 1. The number of thiophene rings is 1. The molecule has 0 atom stereocenters. The fourth-order valence-corrected chi connectivity index (χ4v) is 3.50. The van der Waals surface area contributed by atoms with E-state index in [1.807, 2.05) is 24.6 Å². The number of rotatable bonds is 8. The van der Waals surface area contributed by atoms with Crippen LogP contribution in [0.3, 0.4) is 0 Å². The van der Waals surface area contributed by atoms with Crippen LogP contribution in [0.25, 0.3) is 11.3 Å². The minimum Gasteiger partial charge on any atom is -0.346 e. The van der Waals surface area contributed by atoms with Crippen molar-refractivity contribution < 1.29 is 9.18 Å². The van der Waals surface area contributed by atoms with Gasteiger partial charge in [-0.25, -0.2) is 4.39 Å². The molecular formula is C20H22FN3OS. The average molecular weight is 371 g/mol. The van der Waals surface area contributed by atoms with Crippen molar-refractivity contribution >= 4 is 17.2 Å². The third-order valence-electron chi connectivity index (χ3n) is 4.32. The van der Waals surface area contributed by atoms with E-state index in [0.29, 0.717) is 13.0 Å². The summed E-state index contributed by atoms with van der Waals surface area (Å²) >= 11 is 1.66. The van der Waals surface area contributed by atoms with Gasteiger partial charge in [-0.2, -0.15) is 16.4 Å². The van der Waals surface area contributed by atoms with Gasteiger partial charge >= 0.3 is 0 Å². The molecule has 0 bridgehead atoms. The number of nitrogens with one attached hydrogen (secondary N) is 1. The van der Waals surface area contributed by atoms with Crippen molar-refractivity contribution in [3.8, 4) is 11.3 Å². The van der Waals surface area contributed by atoms with Crippen molar-refractivity contribution in [3.63, 3.8) is 0 Å². The lowest BCUT2D eigenvalue weighted by atomic mass is 10.1. The molecule has 0 saturated heterocycles. The fourth-order valence-electron chi connectivity index (χ4n) is 2.79. The van der Waals surface area contributed by atoms with Crippen LogP contribution in [-0.4, -0.2) is 34.6 Å². The highest BCUT2D eigenvalue weighted by Crippen LogP contribution is 2.19. The van der Waals surface area contributed by atoms with Crippen LogP contribution < -0.4 is 0 Å². The monoisotopic (exact) mass is 371 g/mol. The maximum absolute atomic E-state index is 13.3. The van der Waals surface area contributed by atoms with Crippen LogP contribution >= 0.6 is 11.3 Å². The van der Waals surface area contributed by atoms with Crippen molar-refractivity contribution in [3.05, 3.63) is 64.2 Å². The molecule has 0 saturated carbocycles. The van der Waals surface area contributed by atoms with Gasteiger partial charge in [-0.15, -0.1) is 0 Å². The molecule has 1 amide bonds. The normalized spacial score (nSPS) is 10.8. The summed E-state index contributed by atoms with van der Waals surface area (Å²) in [4.78, 5) is 14.0. The molecule has 3 aromatic rings. The van der Waals surface area contributed by atoms with Gasteiger partial charge in [0.25, 0.3) is 0 Å². The second-order valence-corrected chi connectivity index (χ2v) is 7.12. The number of aromatic amines is 1. The predicted octanol–water partition coefficient (Wildman–Crippen LogP) is 4.30. The molecule has 3 rings (SSSR count). The van der Waals surface area contributed by atoms with E-state index >= 15 is 0 Å². The van der Waals surface area contributed by atoms with Crippen molar-refractivity contribution in [2.45, 2.75) is 25.7 Å². The smallest absolute Gasteiger partial charge is 0.222 e. The second-order valence-electron chi connectivity index (χ2n) is 6.34. The Morgan fingerprint density at radius 3 is 2.92 bits per heavy atom. The molecule has 4 nitrogen and oxygen atoms in total. The first-order valence-electron chi connectivity index (χ1n) is 8.67. The maximum atomic E-state index is 13.3. The van der Waals surface area contributed by atoms with Crippen LogP contribution in [0.4, 0.5) is 4.39 Å². The largest absolute Gasteiger partial charge is 0.346 e. The number of carbonyl (C=O) groups excluding carboxylic acids is 1. The first-order chi connectivity index (χ1) is 12.6. The van der Waals surface area contributed by atoms with E-state index in [2.05, 4.69) is 21.6 Å². The Kier molecular flexibility index (Phi) is 6.17. The van der Waals surface area contributed by atoms with E-state index < -0.39 is 0 Å². The van der Waals surface area contributed by atoms with E-state index in [1.54, 1.807) is 22.3 Å². The van der Waals surface area contributed by atoms with Crippen LogP contribution in [0.1, 0.15) is 24.1 Å². The number of carbonyl (C=O) groups is 1. The molecule has 1 N–H and O–H groups in total. The Hall–Kier alpha value is -2.47. The highest BCUT2D eigenvalue weighted by molar-refractivity contribution is 7.07. The van der Waals surface area contributed by atoms with Crippen molar-refractivity contribution in [1.82, 2.24) is 15.1 Å². The Labute approximate surface area is 156 Å². The van der Waals surface area contributed by atoms with Crippen molar-refractivity contribution in [2.75, 3.05) is 13.6 Å². The number of nitrogens with zero attached hydrogens (tertiary/aromatic N) is 2. The Balaban J connectivity index is 1.43. The molecule has 0 aliphatic rings. The molecule has 1 aromatic carbocycles. The van der Waals surface area contributed by atoms with Gasteiger partial charge in [-0.1, -0.05) is 12.1 Å². The fraction of sp³-hybridized carbons (Fsp3) is 0.300. The van der Waals surface area contributed by atoms with Crippen LogP contribution in [-0.2, 0) is 17.6 Å². The lowest BCUT2D eigenvalue weighted by Crippen LogP contribution is -2.28. The summed E-state index contributed by atoms with van der Waals surface area (Å²) in [6.45, 7) is 0.705. The number of halogens is 1. The summed E-state index contributed by atoms with van der Waals surface area (Å²) in [5.41, 5.74) is 3.70. The summed E-state index contributed by atoms with van der Waals surface area (Å²) in [5.74, 6) is -0.101. The predicted molar refractivity (Wildman–Crippen MR) is 103 cm³/mol. The number of amides is 1. The lowest BCUT2D eigenvalue weighted by molar-refractivity contribution is -0.129. The summed E-state index contributed by atoms with van der Waals surface area (Å²) < 4.78 is 13.3. The zero-order valence-corrected chi connectivity index (χ0v) is 15.6. The quantitative estimate of drug-likeness (QED) is 0.642. The van der Waals surface area contributed by atoms with E-state index in [0.717, 1.165) is 36.2 Å². The average Bonchev–Trinajstić information content (AvgIpc) is 3.31. The molecule has 2 aromatic heterocycles. The zero-order valence-electron chi connectivity index (χ0n) is 14.7. The molecule has 0 aliphatic carbocycles. The molecule has 6 heteroatoms. The highest BCUT2D eigenvalue weighted by atomic mass is 32.1.